The number of halogens is 1. The largest absolute Gasteiger partial charge is 0.364 e. The average molecular weight is 401 g/mol. The summed E-state index contributed by atoms with van der Waals surface area (Å²) in [5, 5.41) is 5.96. The minimum atomic E-state index is -0.528. The molecule has 0 spiro atoms. The Balaban J connectivity index is 1.53. The van der Waals surface area contributed by atoms with Crippen molar-refractivity contribution in [3.63, 3.8) is 0 Å². The Kier molecular flexibility index (Phi) is 4.49. The lowest BCUT2D eigenvalue weighted by Gasteiger charge is -2.40. The monoisotopic (exact) mass is 400 g/mol. The zero-order chi connectivity index (χ0) is 19.0. The molecule has 3 aromatic rings. The second-order valence-corrected chi connectivity index (χ2v) is 7.90. The van der Waals surface area contributed by atoms with Crippen LogP contribution in [-0.2, 0) is 10.2 Å². The molecule has 1 aromatic carbocycles. The van der Waals surface area contributed by atoms with Gasteiger partial charge in [-0.2, -0.15) is 0 Å². The van der Waals surface area contributed by atoms with Crippen LogP contribution < -0.4 is 11.1 Å². The third-order valence-corrected chi connectivity index (χ3v) is 6.02. The Morgan fingerprint density at radius 2 is 2.00 bits per heavy atom. The summed E-state index contributed by atoms with van der Waals surface area (Å²) in [6.45, 7) is 0. The van der Waals surface area contributed by atoms with Gasteiger partial charge in [0.1, 0.15) is 5.69 Å². The summed E-state index contributed by atoms with van der Waals surface area (Å²) in [5.41, 5.74) is 7.45. The number of amides is 2. The Hall–Kier alpha value is -2.64. The Morgan fingerprint density at radius 3 is 2.59 bits per heavy atom. The number of nitrogens with zero attached hydrogens (tertiary/aromatic N) is 1. The van der Waals surface area contributed by atoms with Gasteiger partial charge in [0, 0.05) is 22.2 Å². The first-order chi connectivity index (χ1) is 13.0. The van der Waals surface area contributed by atoms with Crippen LogP contribution in [-0.4, -0.2) is 21.8 Å². The molecule has 0 aliphatic heterocycles. The zero-order valence-corrected chi connectivity index (χ0v) is 15.9. The van der Waals surface area contributed by atoms with Crippen molar-refractivity contribution < 1.29 is 9.59 Å². The number of anilines is 1. The summed E-state index contributed by atoms with van der Waals surface area (Å²) >= 11 is 7.32. The maximum atomic E-state index is 13.0. The number of carbonyl (C=O) groups is 2. The molecule has 0 atom stereocenters. The van der Waals surface area contributed by atoms with Crippen molar-refractivity contribution in [1.29, 1.82) is 0 Å². The lowest BCUT2D eigenvalue weighted by atomic mass is 9.64. The molecule has 1 fully saturated rings. The number of benzene rings is 1. The van der Waals surface area contributed by atoms with Crippen LogP contribution in [0, 0.1) is 0 Å². The Bertz CT molecular complexity index is 1000. The van der Waals surface area contributed by atoms with E-state index in [1.54, 1.807) is 12.3 Å². The number of thiazole rings is 1. The summed E-state index contributed by atoms with van der Waals surface area (Å²) in [5.74, 6) is -0.580. The quantitative estimate of drug-likeness (QED) is 0.604. The van der Waals surface area contributed by atoms with E-state index in [9.17, 15) is 9.59 Å². The van der Waals surface area contributed by atoms with E-state index in [1.165, 1.54) is 11.3 Å². The predicted molar refractivity (Wildman–Crippen MR) is 106 cm³/mol. The molecule has 0 saturated heterocycles. The van der Waals surface area contributed by atoms with E-state index >= 15 is 0 Å². The molecule has 1 aliphatic rings. The summed E-state index contributed by atoms with van der Waals surface area (Å²) in [4.78, 5) is 31.5. The van der Waals surface area contributed by atoms with E-state index in [0.717, 1.165) is 30.4 Å². The summed E-state index contributed by atoms with van der Waals surface area (Å²) in [6.07, 6.45) is 4.29. The van der Waals surface area contributed by atoms with E-state index in [1.807, 2.05) is 29.6 Å². The van der Waals surface area contributed by atoms with Gasteiger partial charge in [-0.3, -0.25) is 9.59 Å². The summed E-state index contributed by atoms with van der Waals surface area (Å²) < 4.78 is 0. The van der Waals surface area contributed by atoms with Gasteiger partial charge in [-0.05, 0) is 36.6 Å². The Morgan fingerprint density at radius 1 is 1.26 bits per heavy atom. The topological polar surface area (TPSA) is 101 Å². The molecule has 2 amide bonds. The van der Waals surface area contributed by atoms with Crippen molar-refractivity contribution in [2.75, 3.05) is 5.32 Å². The van der Waals surface area contributed by atoms with Gasteiger partial charge >= 0.3 is 0 Å². The number of aromatic amines is 1. The minimum absolute atomic E-state index is 0.0520. The molecule has 6 nitrogen and oxygen atoms in total. The number of primary amides is 1. The van der Waals surface area contributed by atoms with E-state index in [0.29, 0.717) is 21.5 Å². The van der Waals surface area contributed by atoms with Crippen molar-refractivity contribution in [2.24, 2.45) is 5.73 Å². The molecule has 4 rings (SSSR count). The van der Waals surface area contributed by atoms with Gasteiger partial charge < -0.3 is 16.0 Å². The first kappa shape index (κ1) is 17.8. The van der Waals surface area contributed by atoms with Gasteiger partial charge in [-0.25, -0.2) is 4.98 Å². The van der Waals surface area contributed by atoms with Gasteiger partial charge in [0.2, 0.25) is 5.91 Å². The fourth-order valence-corrected chi connectivity index (χ4v) is 4.15. The number of carbonyl (C=O) groups excluding carboxylic acids is 2. The number of aromatic nitrogens is 2. The normalized spacial score (nSPS) is 15.1. The van der Waals surface area contributed by atoms with Crippen molar-refractivity contribution in [2.45, 2.75) is 24.7 Å². The average Bonchev–Trinajstić information content (AvgIpc) is 3.24. The molecule has 0 unspecified atom stereocenters. The fourth-order valence-electron chi connectivity index (χ4n) is 3.31. The van der Waals surface area contributed by atoms with Crippen molar-refractivity contribution in [3.05, 3.63) is 58.2 Å². The SMILES string of the molecule is NC(=O)c1cc(-c2csc(NC(=O)C3(c4ccc(Cl)cc4)CCC3)n2)c[nH]1. The van der Waals surface area contributed by atoms with Crippen LogP contribution in [0.25, 0.3) is 11.3 Å². The van der Waals surface area contributed by atoms with Gasteiger partial charge in [-0.15, -0.1) is 11.3 Å². The van der Waals surface area contributed by atoms with Crippen molar-refractivity contribution in [3.8, 4) is 11.3 Å². The first-order valence-electron chi connectivity index (χ1n) is 8.49. The van der Waals surface area contributed by atoms with E-state index in [-0.39, 0.29) is 5.91 Å². The molecule has 2 aromatic heterocycles. The second-order valence-electron chi connectivity index (χ2n) is 6.60. The van der Waals surface area contributed by atoms with Crippen LogP contribution in [0.4, 0.5) is 5.13 Å². The molecule has 1 saturated carbocycles. The molecule has 2 heterocycles. The third kappa shape index (κ3) is 3.24. The van der Waals surface area contributed by atoms with Crippen LogP contribution >= 0.6 is 22.9 Å². The van der Waals surface area contributed by atoms with Gasteiger partial charge in [0.05, 0.1) is 11.1 Å². The molecule has 0 bridgehead atoms. The Labute approximate surface area is 164 Å². The highest BCUT2D eigenvalue weighted by Crippen LogP contribution is 2.45. The van der Waals surface area contributed by atoms with Crippen molar-refractivity contribution in [1.82, 2.24) is 9.97 Å². The number of nitrogens with two attached hydrogens (primary N) is 1. The van der Waals surface area contributed by atoms with E-state index < -0.39 is 11.3 Å². The standard InChI is InChI=1S/C19H17ClN4O2S/c20-13-4-2-12(3-5-13)19(6-1-7-19)17(26)24-18-23-15(10-27-18)11-8-14(16(21)25)22-9-11/h2-5,8-10,22H,1,6-7H2,(H2,21,25)(H,23,24,26). The maximum absolute atomic E-state index is 13.0. The highest BCUT2D eigenvalue weighted by molar-refractivity contribution is 7.14. The summed E-state index contributed by atoms with van der Waals surface area (Å²) in [6, 6.07) is 9.10. The molecule has 1 aliphatic carbocycles. The second kappa shape index (κ2) is 6.83. The van der Waals surface area contributed by atoms with Crippen LogP contribution in [0.1, 0.15) is 35.3 Å². The summed E-state index contributed by atoms with van der Waals surface area (Å²) in [7, 11) is 0. The van der Waals surface area contributed by atoms with Crippen molar-refractivity contribution >= 4 is 39.9 Å². The minimum Gasteiger partial charge on any atom is -0.364 e. The number of hydrogen-bond donors (Lipinski definition) is 3. The maximum Gasteiger partial charge on any atom is 0.265 e. The van der Waals surface area contributed by atoms with Crippen LogP contribution in [0.3, 0.4) is 0 Å². The highest BCUT2D eigenvalue weighted by Gasteiger charge is 2.45. The fraction of sp³-hybridized carbons (Fsp3) is 0.211. The molecular formula is C19H17ClN4O2S. The number of H-pyrrole nitrogens is 1. The lowest BCUT2D eigenvalue weighted by Crippen LogP contribution is -2.45. The molecule has 4 N–H and O–H groups in total. The van der Waals surface area contributed by atoms with Gasteiger partial charge in [0.25, 0.3) is 5.91 Å². The molecule has 0 radical (unpaired) electrons. The third-order valence-electron chi connectivity index (χ3n) is 5.01. The number of rotatable bonds is 5. The van der Waals surface area contributed by atoms with E-state index in [4.69, 9.17) is 17.3 Å². The molecule has 8 heteroatoms. The van der Waals surface area contributed by atoms with Gasteiger partial charge in [0.15, 0.2) is 5.13 Å². The zero-order valence-electron chi connectivity index (χ0n) is 14.3. The first-order valence-corrected chi connectivity index (χ1v) is 9.75. The number of nitrogens with one attached hydrogen (secondary N) is 2. The van der Waals surface area contributed by atoms with E-state index in [2.05, 4.69) is 15.3 Å². The molecule has 138 valence electrons. The highest BCUT2D eigenvalue weighted by atomic mass is 35.5. The van der Waals surface area contributed by atoms with Crippen LogP contribution in [0.15, 0.2) is 41.9 Å². The smallest absolute Gasteiger partial charge is 0.265 e. The molecular weight excluding hydrogens is 384 g/mol. The van der Waals surface area contributed by atoms with Crippen LogP contribution in [0.5, 0.6) is 0 Å². The van der Waals surface area contributed by atoms with Gasteiger partial charge in [-0.1, -0.05) is 30.2 Å². The predicted octanol–water partition coefficient (Wildman–Crippen LogP) is 3.95. The molecule has 27 heavy (non-hydrogen) atoms. The number of hydrogen-bond acceptors (Lipinski definition) is 4. The van der Waals surface area contributed by atoms with Crippen LogP contribution in [0.2, 0.25) is 5.02 Å². The lowest BCUT2D eigenvalue weighted by molar-refractivity contribution is -0.124.